The van der Waals surface area contributed by atoms with Gasteiger partial charge in [-0.15, -0.1) is 0 Å². The summed E-state index contributed by atoms with van der Waals surface area (Å²) in [5.74, 6) is -4.93. The van der Waals surface area contributed by atoms with Gasteiger partial charge in [0.05, 0.1) is 14.2 Å². The standard InChI is InChI=1S/C27H22F2N2O6/c1-34-19-11-22(35-2)24(27(32)33)23(12-19)37-26-21(29)13-20(28)25(31-26)36-18-8-4-7-17(10-18)16-6-3-5-15(9-16)14-30/h3-13H,14,30H2,1-2H3,(H,32,33). The van der Waals surface area contributed by atoms with Crippen molar-refractivity contribution in [3.05, 3.63) is 89.5 Å². The van der Waals surface area contributed by atoms with Crippen LogP contribution in [0, 0.1) is 11.6 Å². The Bertz CT molecular complexity index is 1460. The lowest BCUT2D eigenvalue weighted by Gasteiger charge is -2.15. The molecule has 0 aliphatic heterocycles. The summed E-state index contributed by atoms with van der Waals surface area (Å²) in [6.45, 7) is 0.375. The molecule has 0 unspecified atom stereocenters. The van der Waals surface area contributed by atoms with Gasteiger partial charge in [-0.1, -0.05) is 30.3 Å². The summed E-state index contributed by atoms with van der Waals surface area (Å²) < 4.78 is 50.5. The molecule has 1 heterocycles. The summed E-state index contributed by atoms with van der Waals surface area (Å²) in [7, 11) is 2.61. The Morgan fingerprint density at radius 3 is 2.14 bits per heavy atom. The zero-order chi connectivity index (χ0) is 26.5. The van der Waals surface area contributed by atoms with E-state index in [-0.39, 0.29) is 23.0 Å². The molecule has 0 fully saturated rings. The molecule has 0 bridgehead atoms. The van der Waals surface area contributed by atoms with E-state index >= 15 is 0 Å². The summed E-state index contributed by atoms with van der Waals surface area (Å²) in [6, 6.07) is 17.5. The monoisotopic (exact) mass is 508 g/mol. The molecular weight excluding hydrogens is 486 g/mol. The minimum atomic E-state index is -1.40. The molecule has 0 saturated heterocycles. The van der Waals surface area contributed by atoms with Gasteiger partial charge in [-0.3, -0.25) is 0 Å². The lowest BCUT2D eigenvalue weighted by molar-refractivity contribution is 0.0690. The number of rotatable bonds is 9. The maximum absolute atomic E-state index is 14.6. The van der Waals surface area contributed by atoms with Gasteiger partial charge in [0.25, 0.3) is 11.8 Å². The molecule has 0 saturated carbocycles. The number of ether oxygens (including phenoxy) is 4. The van der Waals surface area contributed by atoms with E-state index in [4.69, 9.17) is 24.7 Å². The lowest BCUT2D eigenvalue weighted by atomic mass is 10.0. The summed E-state index contributed by atoms with van der Waals surface area (Å²) in [5, 5.41) is 9.63. The highest BCUT2D eigenvalue weighted by atomic mass is 19.1. The molecule has 190 valence electrons. The van der Waals surface area contributed by atoms with Crippen molar-refractivity contribution in [2.75, 3.05) is 14.2 Å². The second-order valence-electron chi connectivity index (χ2n) is 7.71. The third kappa shape index (κ3) is 5.60. The van der Waals surface area contributed by atoms with Gasteiger partial charge in [0, 0.05) is 24.7 Å². The largest absolute Gasteiger partial charge is 0.496 e. The number of nitrogens with zero attached hydrogens (tertiary/aromatic N) is 1. The number of methoxy groups -OCH3 is 2. The molecule has 0 atom stereocenters. The highest BCUT2D eigenvalue weighted by Gasteiger charge is 2.23. The van der Waals surface area contributed by atoms with E-state index in [1.807, 2.05) is 30.3 Å². The van der Waals surface area contributed by atoms with E-state index in [1.54, 1.807) is 18.2 Å². The molecule has 3 aromatic carbocycles. The van der Waals surface area contributed by atoms with Crippen LogP contribution in [0.4, 0.5) is 8.78 Å². The Kier molecular flexibility index (Phi) is 7.49. The van der Waals surface area contributed by atoms with Crippen LogP contribution in [0.1, 0.15) is 15.9 Å². The van der Waals surface area contributed by atoms with E-state index in [9.17, 15) is 18.7 Å². The predicted molar refractivity (Wildman–Crippen MR) is 131 cm³/mol. The molecule has 37 heavy (non-hydrogen) atoms. The lowest BCUT2D eigenvalue weighted by Crippen LogP contribution is -2.06. The van der Waals surface area contributed by atoms with Gasteiger partial charge in [0.1, 0.15) is 22.8 Å². The molecule has 0 radical (unpaired) electrons. The van der Waals surface area contributed by atoms with Crippen LogP contribution in [0.5, 0.6) is 34.8 Å². The van der Waals surface area contributed by atoms with Crippen LogP contribution in [0.15, 0.2) is 66.7 Å². The van der Waals surface area contributed by atoms with Gasteiger partial charge in [-0.25, -0.2) is 13.6 Å². The first-order chi connectivity index (χ1) is 17.8. The topological polar surface area (TPSA) is 113 Å². The van der Waals surface area contributed by atoms with Crippen molar-refractivity contribution in [3.63, 3.8) is 0 Å². The van der Waals surface area contributed by atoms with Crippen molar-refractivity contribution in [1.82, 2.24) is 4.98 Å². The summed E-state index contributed by atoms with van der Waals surface area (Å²) >= 11 is 0. The van der Waals surface area contributed by atoms with Crippen LogP contribution in [0.3, 0.4) is 0 Å². The molecule has 10 heteroatoms. The fraction of sp³-hybridized carbons (Fsp3) is 0.111. The van der Waals surface area contributed by atoms with Crippen LogP contribution >= 0.6 is 0 Å². The number of nitrogens with two attached hydrogens (primary N) is 1. The van der Waals surface area contributed by atoms with E-state index in [1.165, 1.54) is 26.4 Å². The van der Waals surface area contributed by atoms with Gasteiger partial charge in [-0.2, -0.15) is 4.98 Å². The van der Waals surface area contributed by atoms with E-state index in [0.717, 1.165) is 16.7 Å². The molecule has 0 aliphatic carbocycles. The third-order valence-electron chi connectivity index (χ3n) is 5.33. The molecule has 0 aliphatic rings. The van der Waals surface area contributed by atoms with Crippen LogP contribution in [-0.2, 0) is 6.54 Å². The zero-order valence-electron chi connectivity index (χ0n) is 19.8. The van der Waals surface area contributed by atoms with Gasteiger partial charge in [0.2, 0.25) is 0 Å². The molecular formula is C27H22F2N2O6. The number of hydrogen-bond acceptors (Lipinski definition) is 7. The second kappa shape index (κ2) is 10.9. The number of pyridine rings is 1. The Morgan fingerprint density at radius 2 is 1.49 bits per heavy atom. The Labute approximate surface area is 210 Å². The van der Waals surface area contributed by atoms with E-state index < -0.39 is 34.9 Å². The average molecular weight is 508 g/mol. The van der Waals surface area contributed by atoms with Gasteiger partial charge in [-0.05, 0) is 34.9 Å². The third-order valence-corrected chi connectivity index (χ3v) is 5.33. The first kappa shape index (κ1) is 25.4. The van der Waals surface area contributed by atoms with Crippen molar-refractivity contribution in [3.8, 4) is 45.9 Å². The predicted octanol–water partition coefficient (Wildman–Crippen LogP) is 5.79. The summed E-state index contributed by atoms with van der Waals surface area (Å²) in [6.07, 6.45) is 0. The maximum Gasteiger partial charge on any atom is 0.343 e. The highest BCUT2D eigenvalue weighted by Crippen LogP contribution is 2.38. The van der Waals surface area contributed by atoms with Crippen LogP contribution in [0.2, 0.25) is 0 Å². The molecule has 1 aromatic heterocycles. The van der Waals surface area contributed by atoms with E-state index in [0.29, 0.717) is 12.6 Å². The van der Waals surface area contributed by atoms with Crippen LogP contribution in [-0.4, -0.2) is 30.3 Å². The number of aromatic nitrogens is 1. The minimum absolute atomic E-state index is 0.0867. The number of benzene rings is 3. The number of halogens is 2. The first-order valence-corrected chi connectivity index (χ1v) is 10.9. The molecule has 0 amide bonds. The van der Waals surface area contributed by atoms with Crippen molar-refractivity contribution in [1.29, 1.82) is 0 Å². The molecule has 0 spiro atoms. The Morgan fingerprint density at radius 1 is 0.838 bits per heavy atom. The smallest absolute Gasteiger partial charge is 0.343 e. The Balaban J connectivity index is 1.69. The fourth-order valence-electron chi connectivity index (χ4n) is 3.55. The normalized spacial score (nSPS) is 10.6. The Hall–Kier alpha value is -4.70. The van der Waals surface area contributed by atoms with Crippen molar-refractivity contribution < 1.29 is 37.6 Å². The molecule has 4 rings (SSSR count). The highest BCUT2D eigenvalue weighted by molar-refractivity contribution is 5.94. The molecule has 8 nitrogen and oxygen atoms in total. The number of hydrogen-bond donors (Lipinski definition) is 2. The number of aromatic carboxylic acids is 1. The number of carbonyl (C=O) groups is 1. The molecule has 3 N–H and O–H groups in total. The van der Waals surface area contributed by atoms with Crippen molar-refractivity contribution >= 4 is 5.97 Å². The van der Waals surface area contributed by atoms with Crippen LogP contribution < -0.4 is 24.7 Å². The number of carboxylic acid groups (broad SMARTS) is 1. The fourth-order valence-corrected chi connectivity index (χ4v) is 3.55. The zero-order valence-corrected chi connectivity index (χ0v) is 19.8. The van der Waals surface area contributed by atoms with Gasteiger partial charge >= 0.3 is 5.97 Å². The summed E-state index contributed by atoms with van der Waals surface area (Å²) in [4.78, 5) is 15.6. The minimum Gasteiger partial charge on any atom is -0.496 e. The van der Waals surface area contributed by atoms with Crippen molar-refractivity contribution in [2.45, 2.75) is 6.54 Å². The van der Waals surface area contributed by atoms with E-state index in [2.05, 4.69) is 4.98 Å². The summed E-state index contributed by atoms with van der Waals surface area (Å²) in [5.41, 5.74) is 7.91. The quantitative estimate of drug-likeness (QED) is 0.292. The van der Waals surface area contributed by atoms with Crippen molar-refractivity contribution in [2.24, 2.45) is 5.73 Å². The second-order valence-corrected chi connectivity index (χ2v) is 7.71. The number of carboxylic acids is 1. The van der Waals surface area contributed by atoms with Gasteiger partial charge in [0.15, 0.2) is 17.4 Å². The first-order valence-electron chi connectivity index (χ1n) is 10.9. The van der Waals surface area contributed by atoms with Gasteiger partial charge < -0.3 is 29.8 Å². The van der Waals surface area contributed by atoms with Crippen LogP contribution in [0.25, 0.3) is 11.1 Å². The molecule has 4 aromatic rings. The SMILES string of the molecule is COc1cc(OC)c(C(=O)O)c(Oc2nc(Oc3cccc(-c4cccc(CN)c4)c3)c(F)cc2F)c1. The maximum atomic E-state index is 14.6. The average Bonchev–Trinajstić information content (AvgIpc) is 2.90.